The first kappa shape index (κ1) is 12.5. The van der Waals surface area contributed by atoms with Gasteiger partial charge in [0.2, 0.25) is 0 Å². The van der Waals surface area contributed by atoms with Gasteiger partial charge >= 0.3 is 0 Å². The monoisotopic (exact) mass is 208 g/mol. The number of rotatable bonds is 3. The van der Waals surface area contributed by atoms with Crippen LogP contribution in [0.3, 0.4) is 0 Å². The summed E-state index contributed by atoms with van der Waals surface area (Å²) in [6.07, 6.45) is 5.63. The molecule has 0 bridgehead atoms. The summed E-state index contributed by atoms with van der Waals surface area (Å²) < 4.78 is 0. The van der Waals surface area contributed by atoms with E-state index in [4.69, 9.17) is 0 Å². The fourth-order valence-electron chi connectivity index (χ4n) is 2.62. The molecule has 0 N–H and O–H groups in total. The van der Waals surface area contributed by atoms with E-state index in [0.717, 1.165) is 31.0 Å². The lowest BCUT2D eigenvalue weighted by molar-refractivity contribution is -0.113. The van der Waals surface area contributed by atoms with Crippen LogP contribution in [0.15, 0.2) is 11.6 Å². The van der Waals surface area contributed by atoms with Gasteiger partial charge in [-0.1, -0.05) is 32.4 Å². The molecule has 1 aliphatic carbocycles. The van der Waals surface area contributed by atoms with Crippen molar-refractivity contribution in [1.29, 1.82) is 0 Å². The molecule has 0 heterocycles. The molecule has 1 nitrogen and oxygen atoms in total. The van der Waals surface area contributed by atoms with Gasteiger partial charge in [-0.15, -0.1) is 0 Å². The van der Waals surface area contributed by atoms with Crippen LogP contribution in [0, 0.1) is 23.2 Å². The van der Waals surface area contributed by atoms with E-state index in [2.05, 4.69) is 26.8 Å². The highest BCUT2D eigenvalue weighted by Crippen LogP contribution is 2.40. The molecule has 0 spiro atoms. The Bertz CT molecular complexity index is 261. The third-order valence-electron chi connectivity index (χ3n) is 3.89. The van der Waals surface area contributed by atoms with Crippen LogP contribution in [0.5, 0.6) is 0 Å². The number of allylic oxidation sites excluding steroid dienone is 2. The molecule has 1 rings (SSSR count). The second-order valence-corrected chi connectivity index (χ2v) is 5.89. The van der Waals surface area contributed by atoms with Gasteiger partial charge in [0, 0.05) is 5.41 Å². The Morgan fingerprint density at radius 3 is 2.47 bits per heavy atom. The first-order valence-corrected chi connectivity index (χ1v) is 6.04. The van der Waals surface area contributed by atoms with Gasteiger partial charge in [0.15, 0.2) is 0 Å². The lowest BCUT2D eigenvalue weighted by Gasteiger charge is -2.35. The highest BCUT2D eigenvalue weighted by Gasteiger charge is 2.31. The Morgan fingerprint density at radius 2 is 2.07 bits per heavy atom. The normalized spacial score (nSPS) is 27.7. The third-order valence-corrected chi connectivity index (χ3v) is 3.89. The molecule has 0 amide bonds. The van der Waals surface area contributed by atoms with Crippen molar-refractivity contribution in [3.63, 3.8) is 0 Å². The van der Waals surface area contributed by atoms with E-state index in [9.17, 15) is 4.79 Å². The minimum atomic E-state index is -0.254. The average Bonchev–Trinajstić information content (AvgIpc) is 2.17. The van der Waals surface area contributed by atoms with Crippen LogP contribution in [0.1, 0.15) is 47.5 Å². The molecule has 2 atom stereocenters. The maximum absolute atomic E-state index is 11.0. The molecule has 0 aliphatic heterocycles. The van der Waals surface area contributed by atoms with Gasteiger partial charge in [-0.25, -0.2) is 0 Å². The van der Waals surface area contributed by atoms with Crippen molar-refractivity contribution in [1.82, 2.24) is 0 Å². The standard InChI is InChI=1S/C14H24O/c1-10(2)13-7-6-12(8-11(13)3)14(4,5)9-15/h6,9-11,13H,7-8H2,1-5H3. The summed E-state index contributed by atoms with van der Waals surface area (Å²) in [4.78, 5) is 11.0. The molecule has 0 radical (unpaired) electrons. The minimum absolute atomic E-state index is 0.254. The Balaban J connectivity index is 2.79. The van der Waals surface area contributed by atoms with Gasteiger partial charge in [-0.2, -0.15) is 0 Å². The Labute approximate surface area is 93.9 Å². The van der Waals surface area contributed by atoms with Crippen molar-refractivity contribution in [3.8, 4) is 0 Å². The first-order chi connectivity index (χ1) is 6.88. The number of hydrogen-bond acceptors (Lipinski definition) is 1. The molecule has 0 saturated heterocycles. The Hall–Kier alpha value is -0.590. The predicted molar refractivity (Wildman–Crippen MR) is 64.7 cm³/mol. The zero-order valence-corrected chi connectivity index (χ0v) is 10.7. The summed E-state index contributed by atoms with van der Waals surface area (Å²) in [7, 11) is 0. The number of hydrogen-bond donors (Lipinski definition) is 0. The van der Waals surface area contributed by atoms with Crippen LogP contribution < -0.4 is 0 Å². The Kier molecular flexibility index (Phi) is 3.75. The van der Waals surface area contributed by atoms with Crippen LogP contribution in [-0.2, 0) is 4.79 Å². The summed E-state index contributed by atoms with van der Waals surface area (Å²) in [5.41, 5.74) is 1.08. The molecule has 0 saturated carbocycles. The maximum atomic E-state index is 11.0. The van der Waals surface area contributed by atoms with Gasteiger partial charge in [-0.05, 0) is 44.4 Å². The maximum Gasteiger partial charge on any atom is 0.129 e. The largest absolute Gasteiger partial charge is 0.302 e. The third kappa shape index (κ3) is 2.70. The molecule has 86 valence electrons. The molecule has 0 aromatic carbocycles. The van der Waals surface area contributed by atoms with Crippen molar-refractivity contribution in [2.45, 2.75) is 47.5 Å². The van der Waals surface area contributed by atoms with Crippen molar-refractivity contribution < 1.29 is 4.79 Å². The van der Waals surface area contributed by atoms with Crippen molar-refractivity contribution in [2.75, 3.05) is 0 Å². The summed E-state index contributed by atoms with van der Waals surface area (Å²) >= 11 is 0. The van der Waals surface area contributed by atoms with Gasteiger partial charge in [-0.3, -0.25) is 0 Å². The number of aldehydes is 1. The molecule has 15 heavy (non-hydrogen) atoms. The highest BCUT2D eigenvalue weighted by molar-refractivity contribution is 5.63. The van der Waals surface area contributed by atoms with Crippen molar-refractivity contribution in [2.24, 2.45) is 23.2 Å². The summed E-state index contributed by atoms with van der Waals surface area (Å²) in [5, 5.41) is 0. The minimum Gasteiger partial charge on any atom is -0.302 e. The van der Waals surface area contributed by atoms with Gasteiger partial charge in [0.05, 0.1) is 0 Å². The average molecular weight is 208 g/mol. The molecule has 0 fully saturated rings. The zero-order valence-electron chi connectivity index (χ0n) is 10.7. The van der Waals surface area contributed by atoms with Crippen molar-refractivity contribution >= 4 is 6.29 Å². The second-order valence-electron chi connectivity index (χ2n) is 5.89. The van der Waals surface area contributed by atoms with Crippen LogP contribution in [0.25, 0.3) is 0 Å². The molecule has 1 aliphatic rings. The van der Waals surface area contributed by atoms with Crippen LogP contribution >= 0.6 is 0 Å². The smallest absolute Gasteiger partial charge is 0.129 e. The molecule has 2 unspecified atom stereocenters. The summed E-state index contributed by atoms with van der Waals surface area (Å²) in [6, 6.07) is 0. The summed E-state index contributed by atoms with van der Waals surface area (Å²) in [5.74, 6) is 2.25. The number of carbonyl (C=O) groups excluding carboxylic acids is 1. The lowest BCUT2D eigenvalue weighted by atomic mass is 9.69. The van der Waals surface area contributed by atoms with E-state index < -0.39 is 0 Å². The molecule has 0 aromatic heterocycles. The molecule has 1 heteroatoms. The first-order valence-electron chi connectivity index (χ1n) is 6.04. The van der Waals surface area contributed by atoms with Crippen LogP contribution in [0.4, 0.5) is 0 Å². The predicted octanol–water partition coefficient (Wildman–Crippen LogP) is 3.84. The second kappa shape index (κ2) is 4.51. The molecule has 0 aromatic rings. The molecular formula is C14H24O. The van der Waals surface area contributed by atoms with Crippen LogP contribution in [0.2, 0.25) is 0 Å². The molecular weight excluding hydrogens is 184 g/mol. The van der Waals surface area contributed by atoms with Gasteiger partial charge in [0.25, 0.3) is 0 Å². The fraction of sp³-hybridized carbons (Fsp3) is 0.786. The van der Waals surface area contributed by atoms with E-state index in [0.29, 0.717) is 5.92 Å². The van der Waals surface area contributed by atoms with E-state index in [1.807, 2.05) is 13.8 Å². The fourth-order valence-corrected chi connectivity index (χ4v) is 2.62. The van der Waals surface area contributed by atoms with Gasteiger partial charge in [0.1, 0.15) is 6.29 Å². The SMILES string of the molecule is CC(C)C1CC=C(C(C)(C)C=O)CC1C. The van der Waals surface area contributed by atoms with Crippen LogP contribution in [-0.4, -0.2) is 6.29 Å². The van der Waals surface area contributed by atoms with E-state index >= 15 is 0 Å². The topological polar surface area (TPSA) is 17.1 Å². The quantitative estimate of drug-likeness (QED) is 0.509. The zero-order chi connectivity index (χ0) is 11.6. The Morgan fingerprint density at radius 1 is 1.47 bits per heavy atom. The lowest BCUT2D eigenvalue weighted by Crippen LogP contribution is -2.27. The van der Waals surface area contributed by atoms with E-state index in [1.165, 1.54) is 5.57 Å². The van der Waals surface area contributed by atoms with Crippen molar-refractivity contribution in [3.05, 3.63) is 11.6 Å². The summed E-state index contributed by atoms with van der Waals surface area (Å²) in [6.45, 7) is 11.0. The highest BCUT2D eigenvalue weighted by atomic mass is 16.1. The van der Waals surface area contributed by atoms with E-state index in [-0.39, 0.29) is 5.41 Å². The number of carbonyl (C=O) groups is 1. The van der Waals surface area contributed by atoms with Gasteiger partial charge < -0.3 is 4.79 Å². The van der Waals surface area contributed by atoms with E-state index in [1.54, 1.807) is 0 Å².